The second kappa shape index (κ2) is 5.31. The first-order valence-electron chi connectivity index (χ1n) is 8.74. The lowest BCUT2D eigenvalue weighted by molar-refractivity contribution is -0.298. The molecular formula is C20H18N4O2. The highest BCUT2D eigenvalue weighted by Crippen LogP contribution is 2.69. The van der Waals surface area contributed by atoms with Crippen molar-refractivity contribution in [2.24, 2.45) is 22.7 Å². The number of nitriles is 3. The van der Waals surface area contributed by atoms with Crippen molar-refractivity contribution in [3.8, 4) is 18.2 Å². The third-order valence-corrected chi connectivity index (χ3v) is 6.27. The zero-order valence-corrected chi connectivity index (χ0v) is 14.4. The smallest absolute Gasteiger partial charge is 0.217 e. The van der Waals surface area contributed by atoms with Gasteiger partial charge in [0.25, 0.3) is 0 Å². The van der Waals surface area contributed by atoms with Crippen LogP contribution in [-0.2, 0) is 9.47 Å². The van der Waals surface area contributed by atoms with Crippen molar-refractivity contribution in [1.29, 1.82) is 21.2 Å². The summed E-state index contributed by atoms with van der Waals surface area (Å²) in [5, 5.41) is 38.9. The Morgan fingerprint density at radius 1 is 1.12 bits per heavy atom. The molecule has 4 rings (SSSR count). The van der Waals surface area contributed by atoms with Crippen LogP contribution in [0.25, 0.3) is 0 Å². The lowest BCUT2D eigenvalue weighted by Crippen LogP contribution is -2.60. The molecule has 3 fully saturated rings. The third kappa shape index (κ3) is 1.69. The highest BCUT2D eigenvalue weighted by Gasteiger charge is 2.80. The number of hydrogen-bond acceptors (Lipinski definition) is 6. The van der Waals surface area contributed by atoms with Gasteiger partial charge in [0, 0.05) is 6.42 Å². The van der Waals surface area contributed by atoms with Crippen LogP contribution >= 0.6 is 0 Å². The summed E-state index contributed by atoms with van der Waals surface area (Å²) in [7, 11) is 0. The summed E-state index contributed by atoms with van der Waals surface area (Å²) < 4.78 is 12.2. The van der Waals surface area contributed by atoms with Crippen molar-refractivity contribution in [3.63, 3.8) is 0 Å². The first-order chi connectivity index (χ1) is 12.5. The molecule has 6 nitrogen and oxygen atoms in total. The van der Waals surface area contributed by atoms with Crippen molar-refractivity contribution in [3.05, 3.63) is 35.9 Å². The molecule has 5 atom stereocenters. The lowest BCUT2D eigenvalue weighted by Gasteiger charge is -2.52. The minimum atomic E-state index is -1.85. The second-order valence-electron chi connectivity index (χ2n) is 7.54. The maximum Gasteiger partial charge on any atom is 0.217 e. The Hall–Kier alpha value is -2.88. The standard InChI is InChI=1S/C20H18N4O2/c1-13-7-8-20-15(9-13)19(12-23,17(24)26-20)18(10-21,11-22)16(25-20)14-5-3-2-4-6-14/h2-6,13,15-16,24H,7-9H2,1H3/t13-,15+,16-,19-,20-/m1/s1. The van der Waals surface area contributed by atoms with Crippen LogP contribution in [0.4, 0.5) is 0 Å². The van der Waals surface area contributed by atoms with Gasteiger partial charge in [-0.15, -0.1) is 0 Å². The van der Waals surface area contributed by atoms with E-state index in [-0.39, 0.29) is 5.90 Å². The molecule has 1 aromatic rings. The van der Waals surface area contributed by atoms with Gasteiger partial charge in [-0.2, -0.15) is 15.8 Å². The first-order valence-corrected chi connectivity index (χ1v) is 8.74. The van der Waals surface area contributed by atoms with E-state index >= 15 is 0 Å². The van der Waals surface area contributed by atoms with E-state index in [4.69, 9.17) is 14.9 Å². The fourth-order valence-electron chi connectivity index (χ4n) is 4.96. The fourth-order valence-corrected chi connectivity index (χ4v) is 4.96. The molecule has 1 N–H and O–H groups in total. The van der Waals surface area contributed by atoms with Crippen LogP contribution in [0.5, 0.6) is 0 Å². The molecule has 26 heavy (non-hydrogen) atoms. The van der Waals surface area contributed by atoms with Gasteiger partial charge < -0.3 is 9.47 Å². The molecule has 2 heterocycles. The van der Waals surface area contributed by atoms with Crippen LogP contribution < -0.4 is 0 Å². The Morgan fingerprint density at radius 3 is 2.42 bits per heavy atom. The Morgan fingerprint density at radius 2 is 1.81 bits per heavy atom. The number of nitrogens with zero attached hydrogens (tertiary/aromatic N) is 3. The van der Waals surface area contributed by atoms with Crippen molar-refractivity contribution >= 4 is 5.90 Å². The number of benzene rings is 1. The molecule has 0 amide bonds. The zero-order valence-electron chi connectivity index (χ0n) is 14.4. The van der Waals surface area contributed by atoms with Crippen molar-refractivity contribution in [2.75, 3.05) is 0 Å². The average molecular weight is 346 g/mol. The molecule has 2 bridgehead atoms. The highest BCUT2D eigenvalue weighted by molar-refractivity contribution is 5.89. The predicted molar refractivity (Wildman–Crippen MR) is 90.0 cm³/mol. The lowest BCUT2D eigenvalue weighted by atomic mass is 9.51. The van der Waals surface area contributed by atoms with Gasteiger partial charge in [0.05, 0.1) is 24.1 Å². The SMILES string of the molecule is C[C@@H]1CC[C@@]23OC(=N)[C@@](C#N)([C@@H]2C1)C(C#N)(C#N)[C@@H](c1ccccc1)O3. The van der Waals surface area contributed by atoms with E-state index in [1.54, 1.807) is 24.3 Å². The summed E-state index contributed by atoms with van der Waals surface area (Å²) in [6, 6.07) is 15.4. The van der Waals surface area contributed by atoms with Crippen molar-refractivity contribution < 1.29 is 9.47 Å². The molecule has 3 aliphatic rings. The molecule has 1 aromatic carbocycles. The van der Waals surface area contributed by atoms with Crippen molar-refractivity contribution in [2.45, 2.75) is 38.1 Å². The van der Waals surface area contributed by atoms with Gasteiger partial charge in [0.1, 0.15) is 6.10 Å². The molecule has 0 radical (unpaired) electrons. The first kappa shape index (κ1) is 16.6. The van der Waals surface area contributed by atoms with Gasteiger partial charge in [0.2, 0.25) is 17.1 Å². The number of hydrogen-bond donors (Lipinski definition) is 1. The maximum absolute atomic E-state index is 10.2. The quantitative estimate of drug-likeness (QED) is 0.836. The fraction of sp³-hybridized carbons (Fsp3) is 0.500. The average Bonchev–Trinajstić information content (AvgIpc) is 2.86. The zero-order chi connectivity index (χ0) is 18.6. The summed E-state index contributed by atoms with van der Waals surface area (Å²) in [4.78, 5) is 0. The van der Waals surface area contributed by atoms with Crippen LogP contribution in [0.3, 0.4) is 0 Å². The molecule has 0 unspecified atom stereocenters. The van der Waals surface area contributed by atoms with E-state index in [1.165, 1.54) is 0 Å². The topological polar surface area (TPSA) is 114 Å². The van der Waals surface area contributed by atoms with Crippen LogP contribution in [0.2, 0.25) is 0 Å². The Bertz CT molecular complexity index is 879. The molecular weight excluding hydrogens is 328 g/mol. The Kier molecular flexibility index (Phi) is 3.38. The largest absolute Gasteiger partial charge is 0.447 e. The van der Waals surface area contributed by atoms with Crippen LogP contribution in [-0.4, -0.2) is 11.7 Å². The molecule has 2 aliphatic heterocycles. The van der Waals surface area contributed by atoms with E-state index in [0.29, 0.717) is 24.3 Å². The maximum atomic E-state index is 10.2. The third-order valence-electron chi connectivity index (χ3n) is 6.27. The van der Waals surface area contributed by atoms with Gasteiger partial charge in [0.15, 0.2) is 5.41 Å². The van der Waals surface area contributed by atoms with Gasteiger partial charge in [-0.3, -0.25) is 5.41 Å². The van der Waals surface area contributed by atoms with Gasteiger partial charge in [-0.1, -0.05) is 37.3 Å². The summed E-state index contributed by atoms with van der Waals surface area (Å²) in [5.74, 6) is -1.62. The second-order valence-corrected chi connectivity index (χ2v) is 7.54. The van der Waals surface area contributed by atoms with E-state index < -0.39 is 28.6 Å². The van der Waals surface area contributed by atoms with Crippen LogP contribution in [0, 0.1) is 62.1 Å². The summed E-state index contributed by atoms with van der Waals surface area (Å²) in [6.45, 7) is 2.07. The summed E-state index contributed by atoms with van der Waals surface area (Å²) in [5.41, 5.74) is -2.84. The van der Waals surface area contributed by atoms with Gasteiger partial charge in [-0.25, -0.2) is 0 Å². The highest BCUT2D eigenvalue weighted by atomic mass is 16.7. The summed E-state index contributed by atoms with van der Waals surface area (Å²) in [6.07, 6.45) is 1.02. The van der Waals surface area contributed by atoms with E-state index in [0.717, 1.165) is 6.42 Å². The summed E-state index contributed by atoms with van der Waals surface area (Å²) >= 11 is 0. The van der Waals surface area contributed by atoms with Gasteiger partial charge >= 0.3 is 0 Å². The van der Waals surface area contributed by atoms with E-state index in [1.807, 2.05) is 6.07 Å². The molecule has 6 heteroatoms. The molecule has 1 aliphatic carbocycles. The Labute approximate surface area is 152 Å². The van der Waals surface area contributed by atoms with E-state index in [2.05, 4.69) is 25.1 Å². The molecule has 0 aromatic heterocycles. The van der Waals surface area contributed by atoms with Crippen LogP contribution in [0.1, 0.15) is 37.9 Å². The van der Waals surface area contributed by atoms with Gasteiger partial charge in [-0.05, 0) is 24.3 Å². The number of nitrogens with one attached hydrogen (secondary N) is 1. The predicted octanol–water partition coefficient (Wildman–Crippen LogP) is 3.44. The number of ether oxygens (including phenoxy) is 2. The minimum Gasteiger partial charge on any atom is -0.447 e. The van der Waals surface area contributed by atoms with E-state index in [9.17, 15) is 15.8 Å². The molecule has 130 valence electrons. The minimum absolute atomic E-state index is 0.305. The molecule has 0 spiro atoms. The van der Waals surface area contributed by atoms with Crippen molar-refractivity contribution in [1.82, 2.24) is 0 Å². The monoisotopic (exact) mass is 346 g/mol. The molecule has 2 saturated heterocycles. The molecule has 1 saturated carbocycles. The Balaban J connectivity index is 2.00. The normalized spacial score (nSPS) is 39.6. The number of rotatable bonds is 1. The van der Waals surface area contributed by atoms with Crippen LogP contribution in [0.15, 0.2) is 30.3 Å².